The molecule has 2 heterocycles. The van der Waals surface area contributed by atoms with Crippen LogP contribution in [-0.4, -0.2) is 5.78 Å². The summed E-state index contributed by atoms with van der Waals surface area (Å²) in [6.45, 7) is 1.82. The Balaban J connectivity index is 1.90. The number of hydrogen-bond donors (Lipinski definition) is 0. The van der Waals surface area contributed by atoms with Crippen LogP contribution < -0.4 is 5.63 Å². The number of hydrogen-bond acceptors (Lipinski definition) is 6. The molecule has 0 N–H and O–H groups in total. The highest BCUT2D eigenvalue weighted by Crippen LogP contribution is 2.40. The van der Waals surface area contributed by atoms with Gasteiger partial charge in [0, 0.05) is 22.6 Å². The van der Waals surface area contributed by atoms with Crippen LogP contribution in [0.4, 0.5) is 5.69 Å². The largest absolute Gasteiger partial charge is 0.452 e. The minimum absolute atomic E-state index is 0.129. The van der Waals surface area contributed by atoms with Crippen molar-refractivity contribution in [3.8, 4) is 11.1 Å². The third-order valence-electron chi connectivity index (χ3n) is 5.27. The minimum Gasteiger partial charge on any atom is -0.452 e. The predicted octanol–water partition coefficient (Wildman–Crippen LogP) is 6.14. The van der Waals surface area contributed by atoms with Crippen molar-refractivity contribution in [2.45, 2.75) is 6.92 Å². The Morgan fingerprint density at radius 3 is 2.35 bits per heavy atom. The maximum atomic E-state index is 13.3. The van der Waals surface area contributed by atoms with Crippen molar-refractivity contribution >= 4 is 33.4 Å². The van der Waals surface area contributed by atoms with Crippen molar-refractivity contribution in [1.29, 1.82) is 0 Å². The Hall–Kier alpha value is -4.32. The number of ketones is 1. The summed E-state index contributed by atoms with van der Waals surface area (Å²) in [5, 5.41) is 4.21. The van der Waals surface area contributed by atoms with Crippen molar-refractivity contribution in [2.24, 2.45) is 5.18 Å². The molecule has 150 valence electrons. The fourth-order valence-corrected chi connectivity index (χ4v) is 3.81. The minimum atomic E-state index is -0.485. The molecule has 6 nitrogen and oxygen atoms in total. The molecule has 5 rings (SSSR count). The zero-order valence-electron chi connectivity index (χ0n) is 16.4. The average molecular weight is 409 g/mol. The second-order valence-electron chi connectivity index (χ2n) is 7.20. The van der Waals surface area contributed by atoms with Crippen LogP contribution >= 0.6 is 0 Å². The summed E-state index contributed by atoms with van der Waals surface area (Å²) in [6, 6.07) is 20.3. The second kappa shape index (κ2) is 7.18. The van der Waals surface area contributed by atoms with Crippen molar-refractivity contribution in [2.75, 3.05) is 0 Å². The van der Waals surface area contributed by atoms with E-state index in [1.165, 1.54) is 6.07 Å². The van der Waals surface area contributed by atoms with Gasteiger partial charge in [0.2, 0.25) is 5.78 Å². The van der Waals surface area contributed by atoms with Gasteiger partial charge in [-0.3, -0.25) is 4.79 Å². The second-order valence-corrected chi connectivity index (χ2v) is 7.20. The first-order valence-electron chi connectivity index (χ1n) is 9.60. The van der Waals surface area contributed by atoms with E-state index in [0.29, 0.717) is 33.2 Å². The molecule has 6 heteroatoms. The molecule has 3 aromatic carbocycles. The van der Waals surface area contributed by atoms with Crippen LogP contribution in [0, 0.1) is 11.8 Å². The first kappa shape index (κ1) is 18.7. The van der Waals surface area contributed by atoms with E-state index < -0.39 is 5.63 Å². The third-order valence-corrected chi connectivity index (χ3v) is 5.27. The lowest BCUT2D eigenvalue weighted by atomic mass is 9.96. The van der Waals surface area contributed by atoms with Gasteiger partial charge in [0.25, 0.3) is 0 Å². The Morgan fingerprint density at radius 2 is 1.65 bits per heavy atom. The Bertz CT molecular complexity index is 1530. The van der Waals surface area contributed by atoms with Gasteiger partial charge < -0.3 is 8.83 Å². The van der Waals surface area contributed by atoms with Crippen LogP contribution in [0.15, 0.2) is 91.6 Å². The van der Waals surface area contributed by atoms with Gasteiger partial charge in [-0.05, 0) is 47.5 Å². The average Bonchev–Trinajstić information content (AvgIpc) is 3.19. The van der Waals surface area contributed by atoms with Gasteiger partial charge in [-0.25, -0.2) is 4.79 Å². The van der Waals surface area contributed by atoms with Gasteiger partial charge in [0.05, 0.1) is 5.39 Å². The van der Waals surface area contributed by atoms with Gasteiger partial charge in [0.1, 0.15) is 16.9 Å². The van der Waals surface area contributed by atoms with Gasteiger partial charge >= 0.3 is 5.63 Å². The van der Waals surface area contributed by atoms with Crippen LogP contribution in [-0.2, 0) is 0 Å². The summed E-state index contributed by atoms with van der Waals surface area (Å²) in [5.41, 5.74) is 2.93. The predicted molar refractivity (Wildman–Crippen MR) is 118 cm³/mol. The van der Waals surface area contributed by atoms with E-state index in [4.69, 9.17) is 8.83 Å². The molecule has 0 aliphatic carbocycles. The fraction of sp³-hybridized carbons (Fsp3) is 0.0400. The first-order valence-corrected chi connectivity index (χ1v) is 9.60. The van der Waals surface area contributed by atoms with E-state index in [1.807, 2.05) is 13.0 Å². The standard InChI is InChI=1S/C25H15NO5/c1-14-13-20(27)31-24-18(14)11-12-19-22(24)21(15-7-9-17(26-29)10-8-15)25(30-19)23(28)16-5-3-2-4-6-16/h2-13H,1H3. The molecule has 0 unspecified atom stereocenters. The Labute approximate surface area is 175 Å². The maximum Gasteiger partial charge on any atom is 0.336 e. The zero-order valence-corrected chi connectivity index (χ0v) is 16.4. The summed E-state index contributed by atoms with van der Waals surface area (Å²) in [6.07, 6.45) is 0. The number of aryl methyl sites for hydroxylation is 1. The number of carbonyl (C=O) groups is 1. The SMILES string of the molecule is Cc1cc(=O)oc2c1ccc1oc(C(=O)c3ccccc3)c(-c3ccc(N=O)cc3)c12. The summed E-state index contributed by atoms with van der Waals surface area (Å²) >= 11 is 0. The molecular weight excluding hydrogens is 394 g/mol. The highest BCUT2D eigenvalue weighted by Gasteiger charge is 2.25. The number of carbonyl (C=O) groups excluding carboxylic acids is 1. The molecular formula is C25H15NO5. The summed E-state index contributed by atoms with van der Waals surface area (Å²) < 4.78 is 11.6. The number of fused-ring (bicyclic) bond motifs is 3. The van der Waals surface area contributed by atoms with Crippen molar-refractivity contribution < 1.29 is 13.6 Å². The third kappa shape index (κ3) is 3.05. The fourth-order valence-electron chi connectivity index (χ4n) is 3.81. The van der Waals surface area contributed by atoms with E-state index in [1.54, 1.807) is 60.7 Å². The van der Waals surface area contributed by atoms with Crippen molar-refractivity contribution in [1.82, 2.24) is 0 Å². The molecule has 0 saturated carbocycles. The lowest BCUT2D eigenvalue weighted by Gasteiger charge is -2.06. The topological polar surface area (TPSA) is 89.8 Å². The van der Waals surface area contributed by atoms with E-state index in [0.717, 1.165) is 10.9 Å². The number of benzene rings is 3. The molecule has 0 amide bonds. The van der Waals surface area contributed by atoms with Gasteiger partial charge in [-0.1, -0.05) is 42.5 Å². The van der Waals surface area contributed by atoms with Gasteiger partial charge in [-0.2, -0.15) is 0 Å². The van der Waals surface area contributed by atoms with Crippen LogP contribution in [0.1, 0.15) is 21.7 Å². The maximum absolute atomic E-state index is 13.3. The molecule has 0 spiro atoms. The number of nitroso groups, excluding NO2 is 1. The van der Waals surface area contributed by atoms with E-state index >= 15 is 0 Å². The van der Waals surface area contributed by atoms with Gasteiger partial charge in [-0.15, -0.1) is 4.91 Å². The normalized spacial score (nSPS) is 11.1. The quantitative estimate of drug-likeness (QED) is 0.202. The summed E-state index contributed by atoms with van der Waals surface area (Å²) in [7, 11) is 0. The molecule has 31 heavy (non-hydrogen) atoms. The molecule has 2 aromatic heterocycles. The molecule has 0 atom stereocenters. The van der Waals surface area contributed by atoms with Crippen LogP contribution in [0.2, 0.25) is 0 Å². The molecule has 0 aliphatic heterocycles. The van der Waals surface area contributed by atoms with E-state index in [2.05, 4.69) is 5.18 Å². The zero-order chi connectivity index (χ0) is 21.5. The van der Waals surface area contributed by atoms with Gasteiger partial charge in [0.15, 0.2) is 5.76 Å². The summed E-state index contributed by atoms with van der Waals surface area (Å²) in [4.78, 5) is 36.3. The molecule has 0 aliphatic rings. The molecule has 0 bridgehead atoms. The summed E-state index contributed by atoms with van der Waals surface area (Å²) in [5.74, 6) is -0.169. The Morgan fingerprint density at radius 1 is 0.903 bits per heavy atom. The molecule has 0 fully saturated rings. The lowest BCUT2D eigenvalue weighted by molar-refractivity contribution is 0.101. The molecule has 0 radical (unpaired) electrons. The monoisotopic (exact) mass is 409 g/mol. The van der Waals surface area contributed by atoms with E-state index in [-0.39, 0.29) is 17.2 Å². The highest BCUT2D eigenvalue weighted by molar-refractivity contribution is 6.20. The molecule has 0 saturated heterocycles. The van der Waals surface area contributed by atoms with Crippen LogP contribution in [0.3, 0.4) is 0 Å². The van der Waals surface area contributed by atoms with Crippen molar-refractivity contribution in [3.05, 3.63) is 105 Å². The molecule has 5 aromatic rings. The van der Waals surface area contributed by atoms with Crippen LogP contribution in [0.5, 0.6) is 0 Å². The smallest absolute Gasteiger partial charge is 0.336 e. The number of rotatable bonds is 4. The van der Waals surface area contributed by atoms with Crippen molar-refractivity contribution in [3.63, 3.8) is 0 Å². The lowest BCUT2D eigenvalue weighted by Crippen LogP contribution is -2.01. The number of nitrogens with zero attached hydrogens (tertiary/aromatic N) is 1. The Kier molecular flexibility index (Phi) is 4.33. The number of furan rings is 1. The highest BCUT2D eigenvalue weighted by atomic mass is 16.4. The van der Waals surface area contributed by atoms with E-state index in [9.17, 15) is 14.5 Å². The first-order chi connectivity index (χ1) is 15.1. The van der Waals surface area contributed by atoms with Crippen LogP contribution in [0.25, 0.3) is 33.1 Å².